The number of hydrogen-bond donors (Lipinski definition) is 0. The third-order valence-corrected chi connectivity index (χ3v) is 5.65. The van der Waals surface area contributed by atoms with Crippen molar-refractivity contribution in [3.05, 3.63) is 52.7 Å². The molecule has 3 heteroatoms. The smallest absolute Gasteiger partial charge is 0.0691 e. The molecule has 25 heavy (non-hydrogen) atoms. The maximum Gasteiger partial charge on any atom is 0.0691 e. The average molecular weight is 372 g/mol. The molecule has 1 aromatic heterocycles. The van der Waals surface area contributed by atoms with E-state index in [2.05, 4.69) is 61.4 Å². The van der Waals surface area contributed by atoms with Gasteiger partial charge in [0.05, 0.1) is 15.4 Å². The molecule has 0 saturated carbocycles. The topological polar surface area (TPSA) is 3.24 Å². The van der Waals surface area contributed by atoms with E-state index in [0.29, 0.717) is 5.92 Å². The Labute approximate surface area is 162 Å². The van der Waals surface area contributed by atoms with Crippen molar-refractivity contribution in [1.82, 2.24) is 0 Å². The maximum absolute atomic E-state index is 5.71. The van der Waals surface area contributed by atoms with Crippen LogP contribution in [0.3, 0.4) is 0 Å². The van der Waals surface area contributed by atoms with Gasteiger partial charge in [-0.15, -0.1) is 11.3 Å². The first kappa shape index (κ1) is 19.9. The second-order valence-electron chi connectivity index (χ2n) is 6.73. The SMILES string of the molecule is C/C=C\C(=S)c1scc(-c2ccccc2)c1N(CCC)CCC(C)C. The third-order valence-electron chi connectivity index (χ3n) is 4.18. The van der Waals surface area contributed by atoms with E-state index in [9.17, 15) is 0 Å². The van der Waals surface area contributed by atoms with Gasteiger partial charge in [0, 0.05) is 24.0 Å². The molecule has 1 nitrogen and oxygen atoms in total. The van der Waals surface area contributed by atoms with Crippen molar-refractivity contribution in [2.45, 2.75) is 40.5 Å². The van der Waals surface area contributed by atoms with Crippen molar-refractivity contribution < 1.29 is 0 Å². The van der Waals surface area contributed by atoms with E-state index < -0.39 is 0 Å². The molecule has 0 fully saturated rings. The number of nitrogens with zero attached hydrogens (tertiary/aromatic N) is 1. The highest BCUT2D eigenvalue weighted by Crippen LogP contribution is 2.40. The van der Waals surface area contributed by atoms with Gasteiger partial charge in [-0.1, -0.05) is 69.4 Å². The molecule has 1 heterocycles. The summed E-state index contributed by atoms with van der Waals surface area (Å²) in [4.78, 5) is 4.71. The lowest BCUT2D eigenvalue weighted by Crippen LogP contribution is -2.27. The normalized spacial score (nSPS) is 11.4. The first-order valence-corrected chi connectivity index (χ1v) is 10.5. The number of thiocarbonyl (C=S) groups is 1. The second-order valence-corrected chi connectivity index (χ2v) is 8.05. The van der Waals surface area contributed by atoms with Crippen LogP contribution in [0.25, 0.3) is 11.1 Å². The molecule has 0 radical (unpaired) electrons. The van der Waals surface area contributed by atoms with Gasteiger partial charge in [0.2, 0.25) is 0 Å². The summed E-state index contributed by atoms with van der Waals surface area (Å²) in [5, 5.41) is 2.27. The van der Waals surface area contributed by atoms with E-state index in [1.54, 1.807) is 11.3 Å². The zero-order chi connectivity index (χ0) is 18.2. The Kier molecular flexibility index (Phi) is 7.86. The summed E-state index contributed by atoms with van der Waals surface area (Å²) in [6.45, 7) is 11.0. The van der Waals surface area contributed by atoms with E-state index in [0.717, 1.165) is 24.4 Å². The number of thiophene rings is 1. The van der Waals surface area contributed by atoms with E-state index in [-0.39, 0.29) is 0 Å². The van der Waals surface area contributed by atoms with Crippen LogP contribution in [0, 0.1) is 5.92 Å². The highest BCUT2D eigenvalue weighted by atomic mass is 32.1. The number of hydrogen-bond acceptors (Lipinski definition) is 3. The lowest BCUT2D eigenvalue weighted by molar-refractivity contribution is 0.571. The summed E-state index contributed by atoms with van der Waals surface area (Å²) in [7, 11) is 0. The first-order chi connectivity index (χ1) is 12.1. The van der Waals surface area contributed by atoms with E-state index in [1.165, 1.54) is 28.1 Å². The Balaban J connectivity index is 2.52. The summed E-state index contributed by atoms with van der Waals surface area (Å²) >= 11 is 7.48. The van der Waals surface area contributed by atoms with E-state index in [1.807, 2.05) is 19.1 Å². The molecule has 0 spiro atoms. The zero-order valence-corrected chi connectivity index (χ0v) is 17.4. The van der Waals surface area contributed by atoms with Crippen LogP contribution in [-0.4, -0.2) is 18.0 Å². The Morgan fingerprint density at radius 1 is 1.20 bits per heavy atom. The fourth-order valence-corrected chi connectivity index (χ4v) is 4.30. The van der Waals surface area contributed by atoms with Crippen LogP contribution in [0.5, 0.6) is 0 Å². The fourth-order valence-electron chi connectivity index (χ4n) is 2.91. The highest BCUT2D eigenvalue weighted by Gasteiger charge is 2.20. The van der Waals surface area contributed by atoms with Crippen molar-refractivity contribution in [2.24, 2.45) is 5.92 Å². The van der Waals surface area contributed by atoms with Crippen molar-refractivity contribution in [3.8, 4) is 11.1 Å². The summed E-state index contributed by atoms with van der Waals surface area (Å²) < 4.78 is 0. The first-order valence-electron chi connectivity index (χ1n) is 9.17. The van der Waals surface area contributed by atoms with Gasteiger partial charge in [-0.2, -0.15) is 0 Å². The summed E-state index contributed by atoms with van der Waals surface area (Å²) in [6.07, 6.45) is 6.41. The second kappa shape index (κ2) is 9.88. The van der Waals surface area contributed by atoms with E-state index in [4.69, 9.17) is 12.2 Å². The molecule has 2 rings (SSSR count). The average Bonchev–Trinajstić information content (AvgIpc) is 3.04. The molecule has 2 aromatic rings. The van der Waals surface area contributed by atoms with Crippen LogP contribution in [0.4, 0.5) is 5.69 Å². The lowest BCUT2D eigenvalue weighted by atomic mass is 10.0. The molecule has 0 unspecified atom stereocenters. The lowest BCUT2D eigenvalue weighted by Gasteiger charge is -2.27. The van der Waals surface area contributed by atoms with Crippen LogP contribution in [0.2, 0.25) is 0 Å². The molecule has 0 atom stereocenters. The molecule has 0 N–H and O–H groups in total. The van der Waals surface area contributed by atoms with Crippen LogP contribution >= 0.6 is 23.6 Å². The van der Waals surface area contributed by atoms with Gasteiger partial charge in [-0.05, 0) is 37.3 Å². The molecular formula is C22H29NS2. The number of benzene rings is 1. The van der Waals surface area contributed by atoms with Gasteiger partial charge in [-0.3, -0.25) is 0 Å². The Hall–Kier alpha value is -1.45. The van der Waals surface area contributed by atoms with Crippen molar-refractivity contribution in [1.29, 1.82) is 0 Å². The largest absolute Gasteiger partial charge is 0.370 e. The van der Waals surface area contributed by atoms with Gasteiger partial charge in [0.1, 0.15) is 0 Å². The zero-order valence-electron chi connectivity index (χ0n) is 15.8. The molecule has 0 saturated heterocycles. The summed E-state index contributed by atoms with van der Waals surface area (Å²) in [6, 6.07) is 10.7. The minimum absolute atomic E-state index is 0.698. The fraction of sp³-hybridized carbons (Fsp3) is 0.409. The number of allylic oxidation sites excluding steroid dienone is 2. The Morgan fingerprint density at radius 3 is 2.52 bits per heavy atom. The molecule has 0 aliphatic carbocycles. The third kappa shape index (κ3) is 5.26. The predicted molar refractivity (Wildman–Crippen MR) is 118 cm³/mol. The van der Waals surface area contributed by atoms with Gasteiger partial charge in [0.25, 0.3) is 0 Å². The Bertz CT molecular complexity index is 698. The number of anilines is 1. The van der Waals surface area contributed by atoms with Crippen LogP contribution in [-0.2, 0) is 0 Å². The maximum atomic E-state index is 5.71. The van der Waals surface area contributed by atoms with Gasteiger partial charge in [-0.25, -0.2) is 0 Å². The summed E-state index contributed by atoms with van der Waals surface area (Å²) in [5.41, 5.74) is 3.90. The van der Waals surface area contributed by atoms with Crippen molar-refractivity contribution >= 4 is 34.1 Å². The van der Waals surface area contributed by atoms with Gasteiger partial charge < -0.3 is 4.90 Å². The minimum atomic E-state index is 0.698. The predicted octanol–water partition coefficient (Wildman–Crippen LogP) is 6.97. The Morgan fingerprint density at radius 2 is 1.92 bits per heavy atom. The standard InChI is InChI=1S/C22H29NS2/c1-5-10-20(24)22-21(23(14-6-2)15-13-17(3)4)19(16-25-22)18-11-8-7-9-12-18/h5,7-12,16-17H,6,13-15H2,1-4H3/b10-5-. The molecule has 0 bridgehead atoms. The molecule has 0 aliphatic heterocycles. The highest BCUT2D eigenvalue weighted by molar-refractivity contribution is 7.81. The van der Waals surface area contributed by atoms with E-state index >= 15 is 0 Å². The van der Waals surface area contributed by atoms with Crippen molar-refractivity contribution in [3.63, 3.8) is 0 Å². The minimum Gasteiger partial charge on any atom is -0.370 e. The van der Waals surface area contributed by atoms with Gasteiger partial charge >= 0.3 is 0 Å². The molecule has 134 valence electrons. The molecule has 1 aromatic carbocycles. The molecular weight excluding hydrogens is 342 g/mol. The molecule has 0 amide bonds. The van der Waals surface area contributed by atoms with Crippen LogP contribution < -0.4 is 4.90 Å². The molecule has 0 aliphatic rings. The number of rotatable bonds is 9. The monoisotopic (exact) mass is 371 g/mol. The van der Waals surface area contributed by atoms with Crippen LogP contribution in [0.1, 0.15) is 45.4 Å². The summed E-state index contributed by atoms with van der Waals surface area (Å²) in [5.74, 6) is 0.698. The van der Waals surface area contributed by atoms with Gasteiger partial charge in [0.15, 0.2) is 0 Å². The van der Waals surface area contributed by atoms with Crippen LogP contribution in [0.15, 0.2) is 47.9 Å². The quantitative estimate of drug-likeness (QED) is 0.266. The van der Waals surface area contributed by atoms with Crippen molar-refractivity contribution in [2.75, 3.05) is 18.0 Å².